The van der Waals surface area contributed by atoms with Gasteiger partial charge in [0.2, 0.25) is 5.91 Å². The normalized spacial score (nSPS) is 18.6. The Morgan fingerprint density at radius 3 is 2.38 bits per heavy atom. The minimum atomic E-state index is -0.211. The van der Waals surface area contributed by atoms with E-state index in [0.717, 1.165) is 37.0 Å². The molecule has 8 heteroatoms. The summed E-state index contributed by atoms with van der Waals surface area (Å²) in [7, 11) is 3.09. The summed E-state index contributed by atoms with van der Waals surface area (Å²) >= 11 is 0. The SMILES string of the molecule is COc1ncc(C(=O)NC2CCC(C(=O)NCc3ccccc3OC)CC2)cn1. The molecule has 0 atom stereocenters. The second kappa shape index (κ2) is 9.86. The summed E-state index contributed by atoms with van der Waals surface area (Å²) in [4.78, 5) is 32.7. The molecule has 0 spiro atoms. The van der Waals surface area contributed by atoms with Crippen LogP contribution in [-0.4, -0.2) is 42.0 Å². The highest BCUT2D eigenvalue weighted by Crippen LogP contribution is 2.25. The van der Waals surface area contributed by atoms with Gasteiger partial charge >= 0.3 is 6.01 Å². The van der Waals surface area contributed by atoms with Crippen LogP contribution in [0, 0.1) is 5.92 Å². The van der Waals surface area contributed by atoms with Crippen LogP contribution in [0.2, 0.25) is 0 Å². The van der Waals surface area contributed by atoms with Gasteiger partial charge in [-0.1, -0.05) is 18.2 Å². The lowest BCUT2D eigenvalue weighted by molar-refractivity contribution is -0.126. The lowest BCUT2D eigenvalue weighted by Gasteiger charge is -2.28. The Labute approximate surface area is 170 Å². The zero-order chi connectivity index (χ0) is 20.6. The first kappa shape index (κ1) is 20.6. The number of methoxy groups -OCH3 is 2. The van der Waals surface area contributed by atoms with Crippen molar-refractivity contribution >= 4 is 11.8 Å². The Kier molecular flexibility index (Phi) is 6.99. The van der Waals surface area contributed by atoms with Crippen molar-refractivity contribution in [2.45, 2.75) is 38.3 Å². The summed E-state index contributed by atoms with van der Waals surface area (Å²) in [6.45, 7) is 0.441. The Hall–Kier alpha value is -3.16. The number of hydrogen-bond donors (Lipinski definition) is 2. The summed E-state index contributed by atoms with van der Waals surface area (Å²) in [5.41, 5.74) is 1.34. The van der Waals surface area contributed by atoms with E-state index in [9.17, 15) is 9.59 Å². The molecule has 2 N–H and O–H groups in total. The van der Waals surface area contributed by atoms with Crippen molar-refractivity contribution in [2.75, 3.05) is 14.2 Å². The highest BCUT2D eigenvalue weighted by Gasteiger charge is 2.27. The lowest BCUT2D eigenvalue weighted by atomic mass is 9.85. The number of benzene rings is 1. The molecule has 1 saturated carbocycles. The molecule has 2 aromatic rings. The predicted octanol–water partition coefficient (Wildman–Crippen LogP) is 2.10. The molecule has 154 valence electrons. The topological polar surface area (TPSA) is 102 Å². The molecule has 0 bridgehead atoms. The fourth-order valence-corrected chi connectivity index (χ4v) is 3.48. The van der Waals surface area contributed by atoms with Crippen LogP contribution in [0.15, 0.2) is 36.7 Å². The van der Waals surface area contributed by atoms with Crippen LogP contribution in [0.4, 0.5) is 0 Å². The van der Waals surface area contributed by atoms with Crippen LogP contribution >= 0.6 is 0 Å². The first-order valence-corrected chi connectivity index (χ1v) is 9.67. The second-order valence-corrected chi connectivity index (χ2v) is 7.01. The number of nitrogens with zero attached hydrogens (tertiary/aromatic N) is 2. The van der Waals surface area contributed by atoms with Gasteiger partial charge in [-0.25, -0.2) is 9.97 Å². The highest BCUT2D eigenvalue weighted by atomic mass is 16.5. The molecular formula is C21H26N4O4. The molecule has 29 heavy (non-hydrogen) atoms. The summed E-state index contributed by atoms with van der Waals surface area (Å²) in [6, 6.07) is 7.91. The molecule has 0 unspecified atom stereocenters. The standard InChI is InChI=1S/C21H26N4O4/c1-28-18-6-4-3-5-15(18)11-22-19(26)14-7-9-17(10-8-14)25-20(27)16-12-23-21(29-2)24-13-16/h3-6,12-14,17H,7-11H2,1-2H3,(H,22,26)(H,25,27). The average molecular weight is 398 g/mol. The third kappa shape index (κ3) is 5.43. The molecule has 1 aliphatic carbocycles. The molecule has 0 aliphatic heterocycles. The van der Waals surface area contributed by atoms with Gasteiger partial charge in [0.05, 0.1) is 19.8 Å². The summed E-state index contributed by atoms with van der Waals surface area (Å²) in [5.74, 6) is 0.560. The van der Waals surface area contributed by atoms with Crippen molar-refractivity contribution in [1.29, 1.82) is 0 Å². The number of carbonyl (C=O) groups is 2. The number of aromatic nitrogens is 2. The van der Waals surface area contributed by atoms with Crippen LogP contribution in [0.25, 0.3) is 0 Å². The maximum Gasteiger partial charge on any atom is 0.316 e. The summed E-state index contributed by atoms with van der Waals surface area (Å²) < 4.78 is 10.2. The molecule has 1 fully saturated rings. The smallest absolute Gasteiger partial charge is 0.316 e. The maximum atomic E-state index is 12.5. The van der Waals surface area contributed by atoms with E-state index in [1.165, 1.54) is 19.5 Å². The zero-order valence-electron chi connectivity index (χ0n) is 16.7. The number of rotatable bonds is 7. The Bertz CT molecular complexity index is 833. The number of nitrogens with one attached hydrogen (secondary N) is 2. The molecule has 1 aromatic carbocycles. The monoisotopic (exact) mass is 398 g/mol. The van der Waals surface area contributed by atoms with Gasteiger partial charge in [-0.3, -0.25) is 9.59 Å². The van der Waals surface area contributed by atoms with Crippen LogP contribution in [0.1, 0.15) is 41.6 Å². The third-order valence-electron chi connectivity index (χ3n) is 5.15. The van der Waals surface area contributed by atoms with E-state index in [0.29, 0.717) is 12.1 Å². The van der Waals surface area contributed by atoms with E-state index < -0.39 is 0 Å². The van der Waals surface area contributed by atoms with Gasteiger partial charge in [0, 0.05) is 36.5 Å². The molecule has 0 radical (unpaired) electrons. The molecule has 3 rings (SSSR count). The van der Waals surface area contributed by atoms with E-state index in [2.05, 4.69) is 20.6 Å². The van der Waals surface area contributed by atoms with Gasteiger partial charge in [0.1, 0.15) is 5.75 Å². The molecule has 1 aromatic heterocycles. The molecule has 8 nitrogen and oxygen atoms in total. The van der Waals surface area contributed by atoms with Crippen LogP contribution in [-0.2, 0) is 11.3 Å². The van der Waals surface area contributed by atoms with Crippen LogP contribution < -0.4 is 20.1 Å². The zero-order valence-corrected chi connectivity index (χ0v) is 16.7. The maximum absolute atomic E-state index is 12.5. The first-order chi connectivity index (χ1) is 14.1. The van der Waals surface area contributed by atoms with Crippen molar-refractivity contribution < 1.29 is 19.1 Å². The van der Waals surface area contributed by atoms with Crippen LogP contribution in [0.5, 0.6) is 11.8 Å². The lowest BCUT2D eigenvalue weighted by Crippen LogP contribution is -2.40. The van der Waals surface area contributed by atoms with Gasteiger partial charge in [0.25, 0.3) is 5.91 Å². The number of hydrogen-bond acceptors (Lipinski definition) is 6. The fourth-order valence-electron chi connectivity index (χ4n) is 3.48. The van der Waals surface area contributed by atoms with Crippen LogP contribution in [0.3, 0.4) is 0 Å². The molecule has 0 saturated heterocycles. The van der Waals surface area contributed by atoms with Crippen molar-refractivity contribution in [2.24, 2.45) is 5.92 Å². The minimum Gasteiger partial charge on any atom is -0.496 e. The van der Waals surface area contributed by atoms with Gasteiger partial charge in [-0.15, -0.1) is 0 Å². The van der Waals surface area contributed by atoms with E-state index in [1.807, 2.05) is 24.3 Å². The van der Waals surface area contributed by atoms with Crippen molar-refractivity contribution in [3.05, 3.63) is 47.8 Å². The van der Waals surface area contributed by atoms with Crippen molar-refractivity contribution in [3.63, 3.8) is 0 Å². The molecule has 1 aliphatic rings. The van der Waals surface area contributed by atoms with Gasteiger partial charge in [0.15, 0.2) is 0 Å². The summed E-state index contributed by atoms with van der Waals surface area (Å²) in [6.07, 6.45) is 5.88. The number of para-hydroxylation sites is 1. The van der Waals surface area contributed by atoms with E-state index in [4.69, 9.17) is 9.47 Å². The number of ether oxygens (including phenoxy) is 2. The first-order valence-electron chi connectivity index (χ1n) is 9.67. The quantitative estimate of drug-likeness (QED) is 0.740. The Morgan fingerprint density at radius 1 is 1.03 bits per heavy atom. The largest absolute Gasteiger partial charge is 0.496 e. The number of carbonyl (C=O) groups excluding carboxylic acids is 2. The number of amides is 2. The predicted molar refractivity (Wildman–Crippen MR) is 107 cm³/mol. The van der Waals surface area contributed by atoms with Gasteiger partial charge in [-0.2, -0.15) is 0 Å². The Balaban J connectivity index is 1.44. The fraction of sp³-hybridized carbons (Fsp3) is 0.429. The highest BCUT2D eigenvalue weighted by molar-refractivity contribution is 5.93. The average Bonchev–Trinajstić information content (AvgIpc) is 2.78. The van der Waals surface area contributed by atoms with Crippen molar-refractivity contribution in [1.82, 2.24) is 20.6 Å². The minimum absolute atomic E-state index is 0.0396. The van der Waals surface area contributed by atoms with Gasteiger partial charge < -0.3 is 20.1 Å². The molecular weight excluding hydrogens is 372 g/mol. The van der Waals surface area contributed by atoms with Gasteiger partial charge in [-0.05, 0) is 31.7 Å². The Morgan fingerprint density at radius 2 is 1.72 bits per heavy atom. The van der Waals surface area contributed by atoms with E-state index in [1.54, 1.807) is 7.11 Å². The van der Waals surface area contributed by atoms with E-state index >= 15 is 0 Å². The van der Waals surface area contributed by atoms with Crippen molar-refractivity contribution in [3.8, 4) is 11.8 Å². The molecule has 2 amide bonds. The summed E-state index contributed by atoms with van der Waals surface area (Å²) in [5, 5.41) is 6.00. The van der Waals surface area contributed by atoms with E-state index in [-0.39, 0.29) is 29.8 Å². The molecule has 1 heterocycles. The third-order valence-corrected chi connectivity index (χ3v) is 5.15. The second-order valence-electron chi connectivity index (χ2n) is 7.01.